The van der Waals surface area contributed by atoms with Crippen molar-refractivity contribution in [1.82, 2.24) is 14.8 Å². The number of aryl methyl sites for hydroxylation is 1. The average molecular weight is 377 g/mol. The summed E-state index contributed by atoms with van der Waals surface area (Å²) in [6.07, 6.45) is 4.54. The first-order chi connectivity index (χ1) is 13.7. The summed E-state index contributed by atoms with van der Waals surface area (Å²) in [7, 11) is 1.59. The van der Waals surface area contributed by atoms with Gasteiger partial charge < -0.3 is 19.9 Å². The summed E-state index contributed by atoms with van der Waals surface area (Å²) in [6, 6.07) is 14.6. The normalized spacial score (nSPS) is 13.3. The van der Waals surface area contributed by atoms with Crippen LogP contribution in [0.3, 0.4) is 0 Å². The molecule has 0 radical (unpaired) electrons. The Morgan fingerprint density at radius 3 is 2.64 bits per heavy atom. The number of benzene rings is 2. The van der Waals surface area contributed by atoms with Crippen molar-refractivity contribution in [1.29, 1.82) is 0 Å². The molecule has 0 saturated heterocycles. The fourth-order valence-corrected chi connectivity index (χ4v) is 3.40. The number of nitrogens with zero attached hydrogens (tertiary/aromatic N) is 3. The van der Waals surface area contributed by atoms with E-state index in [-0.39, 0.29) is 6.03 Å². The molecule has 0 atom stereocenters. The van der Waals surface area contributed by atoms with Crippen LogP contribution in [0.1, 0.15) is 25.1 Å². The molecule has 7 heteroatoms. The van der Waals surface area contributed by atoms with Gasteiger partial charge in [-0.25, -0.2) is 4.79 Å². The summed E-state index contributed by atoms with van der Waals surface area (Å²) in [5.74, 6) is 2.64. The van der Waals surface area contributed by atoms with Crippen molar-refractivity contribution in [3.8, 4) is 17.1 Å². The van der Waals surface area contributed by atoms with Gasteiger partial charge in [0.15, 0.2) is 5.82 Å². The Kier molecular flexibility index (Phi) is 5.23. The van der Waals surface area contributed by atoms with Gasteiger partial charge in [-0.05, 0) is 49.2 Å². The highest BCUT2D eigenvalue weighted by Crippen LogP contribution is 2.24. The summed E-state index contributed by atoms with van der Waals surface area (Å²) < 4.78 is 7.38. The molecule has 1 aromatic heterocycles. The second-order valence-corrected chi connectivity index (χ2v) is 6.79. The first-order valence-electron chi connectivity index (χ1n) is 9.47. The van der Waals surface area contributed by atoms with Crippen molar-refractivity contribution in [2.45, 2.75) is 32.2 Å². The molecule has 2 aromatic carbocycles. The standard InChI is InChI=1S/C21H23N5O2/c1-28-18-7-5-6-17(14-18)23-21(27)22-16-11-9-15(10-12-16)20-25-24-19-8-3-2-4-13-26(19)20/h5-7,9-12,14H,2-4,8,13H2,1H3,(H2,22,23,27). The highest BCUT2D eigenvalue weighted by atomic mass is 16.5. The van der Waals surface area contributed by atoms with E-state index in [1.54, 1.807) is 13.2 Å². The second kappa shape index (κ2) is 8.12. The van der Waals surface area contributed by atoms with Gasteiger partial charge in [-0.2, -0.15) is 0 Å². The van der Waals surface area contributed by atoms with Crippen molar-refractivity contribution < 1.29 is 9.53 Å². The number of carbonyl (C=O) groups is 1. The van der Waals surface area contributed by atoms with Gasteiger partial charge in [0.05, 0.1) is 7.11 Å². The fourth-order valence-electron chi connectivity index (χ4n) is 3.40. The number of carbonyl (C=O) groups excluding carboxylic acids is 1. The predicted octanol–water partition coefficient (Wildman–Crippen LogP) is 4.32. The molecule has 0 bridgehead atoms. The maximum Gasteiger partial charge on any atom is 0.323 e. The molecule has 28 heavy (non-hydrogen) atoms. The van der Waals surface area contributed by atoms with Crippen LogP contribution in [0.25, 0.3) is 11.4 Å². The van der Waals surface area contributed by atoms with Crippen LogP contribution in [0.4, 0.5) is 16.2 Å². The van der Waals surface area contributed by atoms with Crippen molar-refractivity contribution >= 4 is 17.4 Å². The van der Waals surface area contributed by atoms with E-state index in [4.69, 9.17) is 4.74 Å². The monoisotopic (exact) mass is 377 g/mol. The van der Waals surface area contributed by atoms with Gasteiger partial charge in [-0.1, -0.05) is 12.5 Å². The van der Waals surface area contributed by atoms with Crippen LogP contribution in [-0.2, 0) is 13.0 Å². The Morgan fingerprint density at radius 1 is 1.00 bits per heavy atom. The number of ether oxygens (including phenoxy) is 1. The van der Waals surface area contributed by atoms with E-state index in [0.717, 1.165) is 36.6 Å². The third-order valence-electron chi connectivity index (χ3n) is 4.84. The number of anilines is 2. The number of urea groups is 1. The quantitative estimate of drug-likeness (QED) is 0.709. The van der Waals surface area contributed by atoms with Crippen LogP contribution in [0.2, 0.25) is 0 Å². The molecule has 0 fully saturated rings. The minimum atomic E-state index is -0.308. The summed E-state index contributed by atoms with van der Waals surface area (Å²) in [5.41, 5.74) is 2.37. The molecule has 1 aliphatic heterocycles. The molecular formula is C21H23N5O2. The van der Waals surface area contributed by atoms with E-state index < -0.39 is 0 Å². The SMILES string of the molecule is COc1cccc(NC(=O)Nc2ccc(-c3nnc4n3CCCCC4)cc2)c1. The van der Waals surface area contributed by atoms with E-state index >= 15 is 0 Å². The van der Waals surface area contributed by atoms with Gasteiger partial charge in [0.1, 0.15) is 11.6 Å². The van der Waals surface area contributed by atoms with Crippen molar-refractivity contribution in [2.24, 2.45) is 0 Å². The smallest absolute Gasteiger partial charge is 0.323 e. The topological polar surface area (TPSA) is 81.1 Å². The molecule has 2 heterocycles. The van der Waals surface area contributed by atoms with Crippen LogP contribution in [0.5, 0.6) is 5.75 Å². The van der Waals surface area contributed by atoms with Crippen molar-refractivity contribution in [3.63, 3.8) is 0 Å². The Balaban J connectivity index is 1.43. The van der Waals surface area contributed by atoms with Crippen LogP contribution in [0, 0.1) is 0 Å². The molecule has 7 nitrogen and oxygen atoms in total. The van der Waals surface area contributed by atoms with E-state index in [1.165, 1.54) is 12.8 Å². The first kappa shape index (κ1) is 18.0. The number of nitrogens with one attached hydrogen (secondary N) is 2. The van der Waals surface area contributed by atoms with Crippen molar-refractivity contribution in [3.05, 3.63) is 54.4 Å². The van der Waals surface area contributed by atoms with Gasteiger partial charge in [0.25, 0.3) is 0 Å². The van der Waals surface area contributed by atoms with Gasteiger partial charge >= 0.3 is 6.03 Å². The number of hydrogen-bond acceptors (Lipinski definition) is 4. The van der Waals surface area contributed by atoms with E-state index in [2.05, 4.69) is 25.4 Å². The van der Waals surface area contributed by atoms with Gasteiger partial charge in [0.2, 0.25) is 0 Å². The number of rotatable bonds is 4. The van der Waals surface area contributed by atoms with Gasteiger partial charge in [0, 0.05) is 36.0 Å². The van der Waals surface area contributed by atoms with Crippen LogP contribution in [0.15, 0.2) is 48.5 Å². The highest BCUT2D eigenvalue weighted by molar-refractivity contribution is 5.99. The Hall–Kier alpha value is -3.35. The number of amides is 2. The maximum absolute atomic E-state index is 12.2. The summed E-state index contributed by atoms with van der Waals surface area (Å²) in [6.45, 7) is 0.959. The Morgan fingerprint density at radius 2 is 1.82 bits per heavy atom. The summed E-state index contributed by atoms with van der Waals surface area (Å²) in [4.78, 5) is 12.2. The maximum atomic E-state index is 12.2. The molecule has 1 aliphatic rings. The average Bonchev–Trinajstić information content (AvgIpc) is 2.97. The molecule has 0 saturated carbocycles. The Bertz CT molecular complexity index is 965. The third-order valence-corrected chi connectivity index (χ3v) is 4.84. The van der Waals surface area contributed by atoms with Gasteiger partial charge in [-0.3, -0.25) is 0 Å². The Labute approximate surface area is 163 Å². The molecule has 2 N–H and O–H groups in total. The molecular weight excluding hydrogens is 354 g/mol. The zero-order chi connectivity index (χ0) is 19.3. The minimum absolute atomic E-state index is 0.308. The number of fused-ring (bicyclic) bond motifs is 1. The lowest BCUT2D eigenvalue weighted by molar-refractivity contribution is 0.262. The number of aromatic nitrogens is 3. The molecule has 0 unspecified atom stereocenters. The molecule has 4 rings (SSSR count). The lowest BCUT2D eigenvalue weighted by atomic mass is 10.2. The largest absolute Gasteiger partial charge is 0.497 e. The summed E-state index contributed by atoms with van der Waals surface area (Å²) >= 11 is 0. The molecule has 0 spiro atoms. The van der Waals surface area contributed by atoms with Crippen LogP contribution >= 0.6 is 0 Å². The van der Waals surface area contributed by atoms with Crippen LogP contribution in [-0.4, -0.2) is 27.9 Å². The van der Waals surface area contributed by atoms with E-state index in [9.17, 15) is 4.79 Å². The highest BCUT2D eigenvalue weighted by Gasteiger charge is 2.16. The summed E-state index contributed by atoms with van der Waals surface area (Å²) in [5, 5.41) is 14.4. The number of methoxy groups -OCH3 is 1. The molecule has 2 amide bonds. The van der Waals surface area contributed by atoms with Crippen molar-refractivity contribution in [2.75, 3.05) is 17.7 Å². The van der Waals surface area contributed by atoms with Gasteiger partial charge in [-0.15, -0.1) is 10.2 Å². The van der Waals surface area contributed by atoms with Crippen LogP contribution < -0.4 is 15.4 Å². The van der Waals surface area contributed by atoms with E-state index in [0.29, 0.717) is 17.1 Å². The van der Waals surface area contributed by atoms with E-state index in [1.807, 2.05) is 42.5 Å². The molecule has 0 aliphatic carbocycles. The zero-order valence-corrected chi connectivity index (χ0v) is 15.8. The minimum Gasteiger partial charge on any atom is -0.497 e. The predicted molar refractivity (Wildman–Crippen MR) is 109 cm³/mol. The number of hydrogen-bond donors (Lipinski definition) is 2. The zero-order valence-electron chi connectivity index (χ0n) is 15.8. The fraction of sp³-hybridized carbons (Fsp3) is 0.286. The molecule has 144 valence electrons. The molecule has 3 aromatic rings. The lowest BCUT2D eigenvalue weighted by Gasteiger charge is -2.10. The second-order valence-electron chi connectivity index (χ2n) is 6.79. The lowest BCUT2D eigenvalue weighted by Crippen LogP contribution is -2.19. The first-order valence-corrected chi connectivity index (χ1v) is 9.47. The third kappa shape index (κ3) is 3.98.